The Balaban J connectivity index is 2.45. The molecule has 20 heavy (non-hydrogen) atoms. The van der Waals surface area contributed by atoms with E-state index in [0.29, 0.717) is 5.56 Å². The Morgan fingerprint density at radius 3 is 2.55 bits per heavy atom. The zero-order valence-electron chi connectivity index (χ0n) is 11.7. The van der Waals surface area contributed by atoms with Gasteiger partial charge in [-0.2, -0.15) is 0 Å². The van der Waals surface area contributed by atoms with Crippen molar-refractivity contribution in [1.82, 2.24) is 10.6 Å². The highest BCUT2D eigenvalue weighted by molar-refractivity contribution is 5.74. The van der Waals surface area contributed by atoms with Crippen LogP contribution in [0.2, 0.25) is 0 Å². The average molecular weight is 276 g/mol. The molecule has 0 saturated carbocycles. The normalized spacial score (nSPS) is 11.6. The molecule has 0 bridgehead atoms. The number of amides is 2. The first-order chi connectivity index (χ1) is 9.52. The lowest BCUT2D eigenvalue weighted by atomic mass is 10.1. The van der Waals surface area contributed by atoms with Gasteiger partial charge in [0.25, 0.3) is 0 Å². The number of urea groups is 1. The molecule has 2 amide bonds. The molecule has 0 spiro atoms. The number of carbonyl (C=O) groups excluding carboxylic acids is 1. The highest BCUT2D eigenvalue weighted by Gasteiger charge is 2.09. The number of terminal acetylenes is 1. The van der Waals surface area contributed by atoms with Crippen LogP contribution in [0.4, 0.5) is 4.79 Å². The van der Waals surface area contributed by atoms with Gasteiger partial charge in [0.05, 0.1) is 18.8 Å². The molecule has 1 rings (SSSR count). The van der Waals surface area contributed by atoms with Crippen LogP contribution in [0, 0.1) is 12.3 Å². The second kappa shape index (κ2) is 8.08. The van der Waals surface area contributed by atoms with Gasteiger partial charge in [0.1, 0.15) is 5.75 Å². The minimum absolute atomic E-state index is 0.104. The van der Waals surface area contributed by atoms with Gasteiger partial charge in [-0.1, -0.05) is 18.1 Å². The summed E-state index contributed by atoms with van der Waals surface area (Å²) in [6.45, 7) is 4.16. The Morgan fingerprint density at radius 1 is 1.35 bits per heavy atom. The Labute approximate surface area is 119 Å². The SMILES string of the molecule is C#CCNC(=O)NC[C@H](O)c1ccc(OC(C)C)cc1. The summed E-state index contributed by atoms with van der Waals surface area (Å²) in [6.07, 6.45) is 4.34. The molecule has 108 valence electrons. The Morgan fingerprint density at radius 2 is 2.00 bits per heavy atom. The summed E-state index contributed by atoms with van der Waals surface area (Å²) in [5.41, 5.74) is 0.707. The van der Waals surface area contributed by atoms with Gasteiger partial charge in [-0.15, -0.1) is 6.42 Å². The number of carbonyl (C=O) groups is 1. The monoisotopic (exact) mass is 276 g/mol. The zero-order valence-corrected chi connectivity index (χ0v) is 11.7. The lowest BCUT2D eigenvalue weighted by Crippen LogP contribution is -2.37. The first-order valence-electron chi connectivity index (χ1n) is 6.42. The molecule has 3 N–H and O–H groups in total. The third kappa shape index (κ3) is 5.63. The van der Waals surface area contributed by atoms with E-state index in [1.165, 1.54) is 0 Å². The Hall–Kier alpha value is -2.19. The molecular weight excluding hydrogens is 256 g/mol. The molecule has 1 aromatic carbocycles. The second-order valence-corrected chi connectivity index (χ2v) is 4.52. The molecule has 0 aliphatic carbocycles. The average Bonchev–Trinajstić information content (AvgIpc) is 2.42. The summed E-state index contributed by atoms with van der Waals surface area (Å²) >= 11 is 0. The molecule has 0 unspecified atom stereocenters. The van der Waals surface area contributed by atoms with Crippen molar-refractivity contribution < 1.29 is 14.6 Å². The number of ether oxygens (including phenoxy) is 1. The fraction of sp³-hybridized carbons (Fsp3) is 0.400. The molecule has 0 aromatic heterocycles. The first-order valence-corrected chi connectivity index (χ1v) is 6.42. The van der Waals surface area contributed by atoms with E-state index in [2.05, 4.69) is 16.6 Å². The minimum Gasteiger partial charge on any atom is -0.491 e. The van der Waals surface area contributed by atoms with Crippen molar-refractivity contribution in [3.63, 3.8) is 0 Å². The maximum atomic E-state index is 11.3. The number of hydrogen-bond donors (Lipinski definition) is 3. The topological polar surface area (TPSA) is 70.6 Å². The number of benzene rings is 1. The van der Waals surface area contributed by atoms with Crippen LogP contribution in [0.25, 0.3) is 0 Å². The van der Waals surface area contributed by atoms with Crippen LogP contribution in [0.15, 0.2) is 24.3 Å². The predicted molar refractivity (Wildman–Crippen MR) is 77.4 cm³/mol. The number of hydrogen-bond acceptors (Lipinski definition) is 3. The third-order valence-corrected chi connectivity index (χ3v) is 2.44. The fourth-order valence-electron chi connectivity index (χ4n) is 1.54. The summed E-state index contributed by atoms with van der Waals surface area (Å²) in [5.74, 6) is 3.04. The molecule has 0 saturated heterocycles. The van der Waals surface area contributed by atoms with Crippen molar-refractivity contribution in [2.24, 2.45) is 0 Å². The van der Waals surface area contributed by atoms with Crippen LogP contribution >= 0.6 is 0 Å². The summed E-state index contributed by atoms with van der Waals surface area (Å²) in [6, 6.07) is 6.71. The van der Waals surface area contributed by atoms with Gasteiger partial charge in [0, 0.05) is 6.54 Å². The van der Waals surface area contributed by atoms with Crippen molar-refractivity contribution in [3.8, 4) is 18.1 Å². The van der Waals surface area contributed by atoms with Crippen molar-refractivity contribution in [3.05, 3.63) is 29.8 Å². The first kappa shape index (κ1) is 15.9. The van der Waals surface area contributed by atoms with Gasteiger partial charge < -0.3 is 20.5 Å². The zero-order chi connectivity index (χ0) is 15.0. The smallest absolute Gasteiger partial charge is 0.315 e. The van der Waals surface area contributed by atoms with E-state index in [0.717, 1.165) is 5.75 Å². The maximum absolute atomic E-state index is 11.3. The van der Waals surface area contributed by atoms with Gasteiger partial charge >= 0.3 is 6.03 Å². The largest absolute Gasteiger partial charge is 0.491 e. The lowest BCUT2D eigenvalue weighted by Gasteiger charge is -2.14. The number of aliphatic hydroxyl groups is 1. The minimum atomic E-state index is -0.778. The quantitative estimate of drug-likeness (QED) is 0.689. The maximum Gasteiger partial charge on any atom is 0.315 e. The van der Waals surface area contributed by atoms with E-state index in [9.17, 15) is 9.90 Å². The van der Waals surface area contributed by atoms with E-state index >= 15 is 0 Å². The second-order valence-electron chi connectivity index (χ2n) is 4.52. The van der Waals surface area contributed by atoms with Crippen LogP contribution in [0.3, 0.4) is 0 Å². The standard InChI is InChI=1S/C15H20N2O3/c1-4-9-16-15(19)17-10-14(18)12-5-7-13(8-6-12)20-11(2)3/h1,5-8,11,14,18H,9-10H2,2-3H3,(H2,16,17,19)/t14-/m0/s1. The molecule has 5 nitrogen and oxygen atoms in total. The van der Waals surface area contributed by atoms with Crippen molar-refractivity contribution in [1.29, 1.82) is 0 Å². The van der Waals surface area contributed by atoms with E-state index in [4.69, 9.17) is 11.2 Å². The summed E-state index contributed by atoms with van der Waals surface area (Å²) in [4.78, 5) is 11.3. The molecule has 0 aliphatic rings. The Bertz CT molecular complexity index is 463. The molecule has 0 heterocycles. The van der Waals surface area contributed by atoms with Crippen LogP contribution in [-0.2, 0) is 0 Å². The predicted octanol–water partition coefficient (Wildman–Crippen LogP) is 1.44. The highest BCUT2D eigenvalue weighted by atomic mass is 16.5. The van der Waals surface area contributed by atoms with Crippen molar-refractivity contribution in [2.45, 2.75) is 26.1 Å². The number of rotatable bonds is 6. The number of nitrogens with one attached hydrogen (secondary N) is 2. The van der Waals surface area contributed by atoms with Crippen LogP contribution < -0.4 is 15.4 Å². The van der Waals surface area contributed by atoms with Crippen LogP contribution in [0.5, 0.6) is 5.75 Å². The van der Waals surface area contributed by atoms with E-state index in [-0.39, 0.29) is 19.2 Å². The lowest BCUT2D eigenvalue weighted by molar-refractivity contribution is 0.173. The van der Waals surface area contributed by atoms with E-state index < -0.39 is 12.1 Å². The van der Waals surface area contributed by atoms with Crippen molar-refractivity contribution >= 4 is 6.03 Å². The third-order valence-electron chi connectivity index (χ3n) is 2.44. The molecular formula is C15H20N2O3. The van der Waals surface area contributed by atoms with Crippen molar-refractivity contribution in [2.75, 3.05) is 13.1 Å². The van der Waals surface area contributed by atoms with Crippen LogP contribution in [0.1, 0.15) is 25.5 Å². The Kier molecular flexibility index (Phi) is 6.41. The van der Waals surface area contributed by atoms with Gasteiger partial charge in [0.15, 0.2) is 0 Å². The summed E-state index contributed by atoms with van der Waals surface area (Å²) in [7, 11) is 0. The summed E-state index contributed by atoms with van der Waals surface area (Å²) < 4.78 is 5.51. The van der Waals surface area contributed by atoms with Gasteiger partial charge in [-0.05, 0) is 31.5 Å². The van der Waals surface area contributed by atoms with E-state index in [1.54, 1.807) is 24.3 Å². The van der Waals surface area contributed by atoms with Crippen LogP contribution in [-0.4, -0.2) is 30.3 Å². The van der Waals surface area contributed by atoms with Gasteiger partial charge in [-0.3, -0.25) is 0 Å². The molecule has 0 radical (unpaired) electrons. The van der Waals surface area contributed by atoms with E-state index in [1.807, 2.05) is 13.8 Å². The van der Waals surface area contributed by atoms with Gasteiger partial charge in [0.2, 0.25) is 0 Å². The number of aliphatic hydroxyl groups excluding tert-OH is 1. The molecule has 0 aliphatic heterocycles. The fourth-order valence-corrected chi connectivity index (χ4v) is 1.54. The molecule has 5 heteroatoms. The van der Waals surface area contributed by atoms with Gasteiger partial charge in [-0.25, -0.2) is 4.79 Å². The molecule has 0 fully saturated rings. The summed E-state index contributed by atoms with van der Waals surface area (Å²) in [5, 5.41) is 14.9. The molecule has 1 atom stereocenters. The highest BCUT2D eigenvalue weighted by Crippen LogP contribution is 2.18. The molecule has 1 aromatic rings.